The molecule has 0 unspecified atom stereocenters. The van der Waals surface area contributed by atoms with Crippen LogP contribution in [0.15, 0.2) is 6.20 Å². The monoisotopic (exact) mass is 305 g/mol. The fourth-order valence-electron chi connectivity index (χ4n) is 2.85. The maximum atomic E-state index is 12.2. The van der Waals surface area contributed by atoms with Gasteiger partial charge in [-0.05, 0) is 19.3 Å². The number of aromatic nitrogens is 2. The smallest absolute Gasteiger partial charge is 0.249 e. The Bertz CT molecular complexity index is 529. The van der Waals surface area contributed by atoms with E-state index in [-0.39, 0.29) is 18.6 Å². The summed E-state index contributed by atoms with van der Waals surface area (Å²) >= 11 is 0. The van der Waals surface area contributed by atoms with Gasteiger partial charge >= 0.3 is 0 Å². The van der Waals surface area contributed by atoms with E-state index in [4.69, 9.17) is 9.47 Å². The van der Waals surface area contributed by atoms with Crippen molar-refractivity contribution in [3.63, 3.8) is 0 Å². The maximum Gasteiger partial charge on any atom is 0.249 e. The van der Waals surface area contributed by atoms with Gasteiger partial charge in [-0.15, -0.1) is 0 Å². The van der Waals surface area contributed by atoms with Crippen LogP contribution in [0.2, 0.25) is 0 Å². The predicted molar refractivity (Wildman–Crippen MR) is 80.1 cm³/mol. The molecule has 0 aliphatic carbocycles. The van der Waals surface area contributed by atoms with Crippen molar-refractivity contribution in [2.24, 2.45) is 0 Å². The second kappa shape index (κ2) is 7.15. The third-order valence-electron chi connectivity index (χ3n) is 4.18. The summed E-state index contributed by atoms with van der Waals surface area (Å²) in [5.41, 5.74) is 2.01. The molecule has 2 aliphatic heterocycles. The van der Waals surface area contributed by atoms with E-state index in [9.17, 15) is 4.79 Å². The van der Waals surface area contributed by atoms with Crippen LogP contribution in [0.3, 0.4) is 0 Å². The van der Waals surface area contributed by atoms with Crippen molar-refractivity contribution >= 4 is 5.91 Å². The van der Waals surface area contributed by atoms with Gasteiger partial charge in [-0.2, -0.15) is 0 Å². The van der Waals surface area contributed by atoms with Crippen LogP contribution in [0, 0.1) is 0 Å². The first-order valence-corrected chi connectivity index (χ1v) is 8.07. The predicted octanol–water partition coefficient (Wildman–Crippen LogP) is 1.47. The number of aryl methyl sites for hydroxylation is 1. The van der Waals surface area contributed by atoms with Crippen LogP contribution in [0.1, 0.15) is 43.3 Å². The van der Waals surface area contributed by atoms with E-state index in [0.717, 1.165) is 43.0 Å². The molecule has 3 heterocycles. The highest BCUT2D eigenvalue weighted by Crippen LogP contribution is 2.20. The van der Waals surface area contributed by atoms with E-state index in [1.165, 1.54) is 6.42 Å². The quantitative estimate of drug-likeness (QED) is 0.824. The number of carbonyl (C=O) groups is 1. The molecule has 0 saturated carbocycles. The average molecular weight is 305 g/mol. The van der Waals surface area contributed by atoms with Gasteiger partial charge in [-0.1, -0.05) is 6.92 Å². The van der Waals surface area contributed by atoms with Crippen LogP contribution in [-0.4, -0.2) is 46.7 Å². The summed E-state index contributed by atoms with van der Waals surface area (Å²) in [6.45, 7) is 4.60. The molecular weight excluding hydrogens is 282 g/mol. The Labute approximate surface area is 130 Å². The summed E-state index contributed by atoms with van der Waals surface area (Å²) < 4.78 is 11.1. The van der Waals surface area contributed by atoms with Crippen LogP contribution in [0.4, 0.5) is 0 Å². The Morgan fingerprint density at radius 3 is 3.14 bits per heavy atom. The Kier molecular flexibility index (Phi) is 5.00. The zero-order valence-corrected chi connectivity index (χ0v) is 13.1. The van der Waals surface area contributed by atoms with Gasteiger partial charge in [-0.25, -0.2) is 9.97 Å². The minimum Gasteiger partial charge on any atom is -0.376 e. The average Bonchev–Trinajstić information content (AvgIpc) is 2.99. The second-order valence-electron chi connectivity index (χ2n) is 5.87. The van der Waals surface area contributed by atoms with Gasteiger partial charge in [0.15, 0.2) is 0 Å². The number of carbonyl (C=O) groups excluding carboxylic acids is 1. The number of amides is 1. The fourth-order valence-corrected chi connectivity index (χ4v) is 2.85. The van der Waals surface area contributed by atoms with Gasteiger partial charge < -0.3 is 14.4 Å². The summed E-state index contributed by atoms with van der Waals surface area (Å²) in [5, 5.41) is 0. The highest BCUT2D eigenvalue weighted by Gasteiger charge is 2.25. The standard InChI is InChI=1S/C16H23N3O3/c1-2-15-17-7-12-8-19(9-14(12)18-15)16(20)11-21-10-13-5-3-4-6-22-13/h7,13H,2-6,8-11H2,1H3/t13-/m1/s1. The van der Waals surface area contributed by atoms with Gasteiger partial charge in [0.05, 0.1) is 24.9 Å². The maximum absolute atomic E-state index is 12.2. The fraction of sp³-hybridized carbons (Fsp3) is 0.688. The summed E-state index contributed by atoms with van der Waals surface area (Å²) in [5.74, 6) is 0.839. The molecule has 0 radical (unpaired) electrons. The summed E-state index contributed by atoms with van der Waals surface area (Å²) in [4.78, 5) is 22.8. The van der Waals surface area contributed by atoms with Gasteiger partial charge in [0, 0.05) is 31.3 Å². The third kappa shape index (κ3) is 3.62. The minimum atomic E-state index is 0.00635. The first-order valence-electron chi connectivity index (χ1n) is 8.07. The van der Waals surface area contributed by atoms with Crippen molar-refractivity contribution in [1.82, 2.24) is 14.9 Å². The van der Waals surface area contributed by atoms with Crippen LogP contribution in [0.5, 0.6) is 0 Å². The molecule has 2 aliphatic rings. The Balaban J connectivity index is 1.45. The van der Waals surface area contributed by atoms with Crippen molar-refractivity contribution in [2.75, 3.05) is 19.8 Å². The minimum absolute atomic E-state index is 0.00635. The van der Waals surface area contributed by atoms with Crippen LogP contribution >= 0.6 is 0 Å². The molecular formula is C16H23N3O3. The number of rotatable bonds is 5. The van der Waals surface area contributed by atoms with Crippen LogP contribution in [-0.2, 0) is 33.8 Å². The molecule has 0 N–H and O–H groups in total. The molecule has 0 aromatic carbocycles. The van der Waals surface area contributed by atoms with Crippen molar-refractivity contribution in [3.8, 4) is 0 Å². The molecule has 6 heteroatoms. The lowest BCUT2D eigenvalue weighted by molar-refractivity contribution is -0.138. The molecule has 0 bridgehead atoms. The van der Waals surface area contributed by atoms with Crippen LogP contribution < -0.4 is 0 Å². The number of fused-ring (bicyclic) bond motifs is 1. The van der Waals surface area contributed by atoms with E-state index >= 15 is 0 Å². The number of ether oxygens (including phenoxy) is 2. The molecule has 1 atom stereocenters. The van der Waals surface area contributed by atoms with Crippen molar-refractivity contribution in [2.45, 2.75) is 51.8 Å². The lowest BCUT2D eigenvalue weighted by atomic mass is 10.1. The van der Waals surface area contributed by atoms with E-state index < -0.39 is 0 Å². The summed E-state index contributed by atoms with van der Waals surface area (Å²) in [6, 6.07) is 0. The van der Waals surface area contributed by atoms with Gasteiger partial charge in [-0.3, -0.25) is 4.79 Å². The molecule has 1 fully saturated rings. The third-order valence-corrected chi connectivity index (χ3v) is 4.18. The van der Waals surface area contributed by atoms with Gasteiger partial charge in [0.2, 0.25) is 5.91 Å². The van der Waals surface area contributed by atoms with Crippen LogP contribution in [0.25, 0.3) is 0 Å². The number of nitrogens with zero attached hydrogens (tertiary/aromatic N) is 3. The molecule has 1 saturated heterocycles. The van der Waals surface area contributed by atoms with E-state index in [0.29, 0.717) is 19.7 Å². The molecule has 0 spiro atoms. The molecule has 120 valence electrons. The molecule has 1 aromatic heterocycles. The summed E-state index contributed by atoms with van der Waals surface area (Å²) in [7, 11) is 0. The first-order chi connectivity index (χ1) is 10.8. The zero-order valence-electron chi connectivity index (χ0n) is 13.1. The summed E-state index contributed by atoms with van der Waals surface area (Å²) in [6.07, 6.45) is 6.13. The largest absolute Gasteiger partial charge is 0.376 e. The van der Waals surface area contributed by atoms with E-state index in [1.807, 2.05) is 13.1 Å². The van der Waals surface area contributed by atoms with E-state index in [2.05, 4.69) is 9.97 Å². The highest BCUT2D eigenvalue weighted by atomic mass is 16.5. The normalized spacial score (nSPS) is 21.0. The second-order valence-corrected chi connectivity index (χ2v) is 5.87. The van der Waals surface area contributed by atoms with Crippen molar-refractivity contribution in [3.05, 3.63) is 23.3 Å². The van der Waals surface area contributed by atoms with Gasteiger partial charge in [0.1, 0.15) is 12.4 Å². The molecule has 6 nitrogen and oxygen atoms in total. The molecule has 1 amide bonds. The first kappa shape index (κ1) is 15.4. The Morgan fingerprint density at radius 2 is 2.36 bits per heavy atom. The van der Waals surface area contributed by atoms with Gasteiger partial charge in [0.25, 0.3) is 0 Å². The van der Waals surface area contributed by atoms with Crippen molar-refractivity contribution < 1.29 is 14.3 Å². The highest BCUT2D eigenvalue weighted by molar-refractivity contribution is 5.78. The number of hydrogen-bond donors (Lipinski definition) is 0. The zero-order chi connectivity index (χ0) is 15.4. The topological polar surface area (TPSA) is 64.6 Å². The lowest BCUT2D eigenvalue weighted by Gasteiger charge is -2.22. The number of hydrogen-bond acceptors (Lipinski definition) is 5. The Morgan fingerprint density at radius 1 is 1.45 bits per heavy atom. The van der Waals surface area contributed by atoms with E-state index in [1.54, 1.807) is 4.90 Å². The molecule has 3 rings (SSSR count). The van der Waals surface area contributed by atoms with Crippen molar-refractivity contribution in [1.29, 1.82) is 0 Å². The SMILES string of the molecule is CCc1ncc2c(n1)CN(C(=O)COC[C@H]1CCCCO1)C2. The molecule has 22 heavy (non-hydrogen) atoms. The molecule has 1 aromatic rings. The Hall–Kier alpha value is -1.53. The lowest BCUT2D eigenvalue weighted by Crippen LogP contribution is -2.31.